The summed E-state index contributed by atoms with van der Waals surface area (Å²) >= 11 is 6.04. The van der Waals surface area contributed by atoms with Gasteiger partial charge < -0.3 is 14.8 Å². The third-order valence-electron chi connectivity index (χ3n) is 3.93. The van der Waals surface area contributed by atoms with Gasteiger partial charge in [-0.15, -0.1) is 0 Å². The molecule has 0 aromatic heterocycles. The molecule has 2 aliphatic rings. The summed E-state index contributed by atoms with van der Waals surface area (Å²) < 4.78 is 11.4. The van der Waals surface area contributed by atoms with Crippen LogP contribution in [-0.2, 0) is 9.47 Å². The second-order valence-electron chi connectivity index (χ2n) is 5.28. The minimum absolute atomic E-state index is 0.106. The van der Waals surface area contributed by atoms with E-state index in [4.69, 9.17) is 21.1 Å². The van der Waals surface area contributed by atoms with Crippen molar-refractivity contribution in [3.63, 3.8) is 0 Å². The number of nitrogens with one attached hydrogen (secondary N) is 1. The Balaban J connectivity index is 1.61. The maximum atomic E-state index is 12.2. The third kappa shape index (κ3) is 2.97. The average molecular weight is 296 g/mol. The molecule has 1 aliphatic heterocycles. The van der Waals surface area contributed by atoms with Crippen molar-refractivity contribution < 1.29 is 14.3 Å². The standard InChI is InChI=1S/C15H18ClNO3/c16-12-4-2-1-3-11(12)15(18)17-10-5-6-13-14(9-10)20-8-7-19-13/h1-4,10,13-14H,5-9H2,(H,17,18)/t10-,13+,14-/m1/s1. The van der Waals surface area contributed by atoms with Crippen LogP contribution in [-0.4, -0.2) is 37.4 Å². The minimum Gasteiger partial charge on any atom is -0.373 e. The highest BCUT2D eigenvalue weighted by Crippen LogP contribution is 2.27. The Morgan fingerprint density at radius 2 is 1.90 bits per heavy atom. The lowest BCUT2D eigenvalue weighted by Gasteiger charge is -2.39. The first-order chi connectivity index (χ1) is 9.74. The first-order valence-corrected chi connectivity index (χ1v) is 7.40. The Kier molecular flexibility index (Phi) is 4.24. The van der Waals surface area contributed by atoms with E-state index in [2.05, 4.69) is 5.32 Å². The lowest BCUT2D eigenvalue weighted by atomic mass is 9.89. The molecular weight excluding hydrogens is 278 g/mol. The summed E-state index contributed by atoms with van der Waals surface area (Å²) in [5.74, 6) is -0.115. The smallest absolute Gasteiger partial charge is 0.253 e. The fraction of sp³-hybridized carbons (Fsp3) is 0.533. The summed E-state index contributed by atoms with van der Waals surface area (Å²) in [7, 11) is 0. The molecule has 1 N–H and O–H groups in total. The number of ether oxygens (including phenoxy) is 2. The van der Waals surface area contributed by atoms with Crippen LogP contribution in [0.15, 0.2) is 24.3 Å². The molecule has 1 aromatic carbocycles. The molecule has 5 heteroatoms. The Morgan fingerprint density at radius 3 is 2.70 bits per heavy atom. The molecule has 0 bridgehead atoms. The van der Waals surface area contributed by atoms with Crippen LogP contribution in [0, 0.1) is 0 Å². The Bertz CT molecular complexity index is 494. The summed E-state index contributed by atoms with van der Waals surface area (Å²) in [6, 6.07) is 7.23. The van der Waals surface area contributed by atoms with Crippen molar-refractivity contribution >= 4 is 17.5 Å². The quantitative estimate of drug-likeness (QED) is 0.911. The third-order valence-corrected chi connectivity index (χ3v) is 4.26. The largest absolute Gasteiger partial charge is 0.373 e. The maximum absolute atomic E-state index is 12.2. The lowest BCUT2D eigenvalue weighted by Crippen LogP contribution is -2.49. The van der Waals surface area contributed by atoms with Crippen LogP contribution in [0.25, 0.3) is 0 Å². The fourth-order valence-corrected chi connectivity index (χ4v) is 3.13. The van der Waals surface area contributed by atoms with Gasteiger partial charge in [-0.2, -0.15) is 0 Å². The van der Waals surface area contributed by atoms with Gasteiger partial charge >= 0.3 is 0 Å². The lowest BCUT2D eigenvalue weighted by molar-refractivity contribution is -0.157. The number of halogens is 1. The highest BCUT2D eigenvalue weighted by atomic mass is 35.5. The van der Waals surface area contributed by atoms with Crippen molar-refractivity contribution in [3.05, 3.63) is 34.9 Å². The van der Waals surface area contributed by atoms with Crippen LogP contribution in [0.3, 0.4) is 0 Å². The van der Waals surface area contributed by atoms with Gasteiger partial charge in [-0.1, -0.05) is 23.7 Å². The second kappa shape index (κ2) is 6.12. The van der Waals surface area contributed by atoms with E-state index in [1.165, 1.54) is 0 Å². The maximum Gasteiger partial charge on any atom is 0.253 e. The first-order valence-electron chi connectivity index (χ1n) is 7.02. The topological polar surface area (TPSA) is 47.6 Å². The van der Waals surface area contributed by atoms with Gasteiger partial charge in [0.15, 0.2) is 0 Å². The molecule has 1 heterocycles. The fourth-order valence-electron chi connectivity index (χ4n) is 2.91. The van der Waals surface area contributed by atoms with Crippen molar-refractivity contribution in [2.75, 3.05) is 13.2 Å². The van der Waals surface area contributed by atoms with Crippen molar-refractivity contribution in [2.24, 2.45) is 0 Å². The molecule has 1 amide bonds. The van der Waals surface area contributed by atoms with Gasteiger partial charge in [-0.3, -0.25) is 4.79 Å². The molecule has 20 heavy (non-hydrogen) atoms. The van der Waals surface area contributed by atoms with E-state index in [9.17, 15) is 4.79 Å². The van der Waals surface area contributed by atoms with Crippen molar-refractivity contribution in [1.82, 2.24) is 5.32 Å². The first kappa shape index (κ1) is 13.9. The van der Waals surface area contributed by atoms with E-state index in [0.29, 0.717) is 23.8 Å². The Hall–Kier alpha value is -1.10. The van der Waals surface area contributed by atoms with Crippen molar-refractivity contribution in [1.29, 1.82) is 0 Å². The Morgan fingerprint density at radius 1 is 1.15 bits per heavy atom. The van der Waals surface area contributed by atoms with Gasteiger partial charge in [0.25, 0.3) is 5.91 Å². The number of hydrogen-bond donors (Lipinski definition) is 1. The molecule has 108 valence electrons. The number of hydrogen-bond acceptors (Lipinski definition) is 3. The molecule has 2 fully saturated rings. The van der Waals surface area contributed by atoms with Crippen LogP contribution >= 0.6 is 11.6 Å². The van der Waals surface area contributed by atoms with Gasteiger partial charge in [-0.25, -0.2) is 0 Å². The molecule has 1 aromatic rings. The number of carbonyl (C=O) groups excluding carboxylic acids is 1. The average Bonchev–Trinajstić information content (AvgIpc) is 2.47. The highest BCUT2D eigenvalue weighted by Gasteiger charge is 2.34. The summed E-state index contributed by atoms with van der Waals surface area (Å²) in [6.45, 7) is 1.32. The van der Waals surface area contributed by atoms with E-state index >= 15 is 0 Å². The second-order valence-corrected chi connectivity index (χ2v) is 5.69. The van der Waals surface area contributed by atoms with Crippen LogP contribution in [0.4, 0.5) is 0 Å². The van der Waals surface area contributed by atoms with Crippen LogP contribution in [0.5, 0.6) is 0 Å². The number of amides is 1. The van der Waals surface area contributed by atoms with E-state index < -0.39 is 0 Å². The monoisotopic (exact) mass is 295 g/mol. The molecule has 3 atom stereocenters. The predicted molar refractivity (Wildman–Crippen MR) is 76.0 cm³/mol. The zero-order valence-corrected chi connectivity index (χ0v) is 11.9. The van der Waals surface area contributed by atoms with Gasteiger partial charge in [0.2, 0.25) is 0 Å². The molecule has 0 spiro atoms. The van der Waals surface area contributed by atoms with Gasteiger partial charge in [0.1, 0.15) is 0 Å². The normalized spacial score (nSPS) is 29.6. The van der Waals surface area contributed by atoms with Gasteiger partial charge in [-0.05, 0) is 31.4 Å². The molecule has 1 saturated carbocycles. The summed E-state index contributed by atoms with van der Waals surface area (Å²) in [5, 5.41) is 3.53. The van der Waals surface area contributed by atoms with E-state index in [1.54, 1.807) is 12.1 Å². The van der Waals surface area contributed by atoms with Crippen molar-refractivity contribution in [2.45, 2.75) is 37.5 Å². The summed E-state index contributed by atoms with van der Waals surface area (Å²) in [6.07, 6.45) is 2.95. The number of carbonyl (C=O) groups is 1. The molecule has 0 radical (unpaired) electrons. The molecule has 1 aliphatic carbocycles. The van der Waals surface area contributed by atoms with Gasteiger partial charge in [0.05, 0.1) is 36.0 Å². The summed E-state index contributed by atoms with van der Waals surface area (Å²) in [5.41, 5.74) is 0.525. The van der Waals surface area contributed by atoms with Crippen LogP contribution < -0.4 is 5.32 Å². The van der Waals surface area contributed by atoms with Crippen molar-refractivity contribution in [3.8, 4) is 0 Å². The van der Waals surface area contributed by atoms with E-state index in [1.807, 2.05) is 12.1 Å². The zero-order valence-electron chi connectivity index (χ0n) is 11.2. The number of rotatable bonds is 2. The predicted octanol–water partition coefficient (Wildman–Crippen LogP) is 2.41. The number of fused-ring (bicyclic) bond motifs is 1. The molecule has 4 nitrogen and oxygen atoms in total. The minimum atomic E-state index is -0.115. The highest BCUT2D eigenvalue weighted by molar-refractivity contribution is 6.33. The summed E-state index contributed by atoms with van der Waals surface area (Å²) in [4.78, 5) is 12.2. The molecule has 1 saturated heterocycles. The zero-order chi connectivity index (χ0) is 13.9. The molecular formula is C15H18ClNO3. The van der Waals surface area contributed by atoms with Gasteiger partial charge in [0, 0.05) is 6.04 Å². The molecule has 0 unspecified atom stereocenters. The van der Waals surface area contributed by atoms with E-state index in [-0.39, 0.29) is 24.2 Å². The van der Waals surface area contributed by atoms with Crippen LogP contribution in [0.1, 0.15) is 29.6 Å². The van der Waals surface area contributed by atoms with Crippen LogP contribution in [0.2, 0.25) is 5.02 Å². The SMILES string of the molecule is O=C(N[C@@H]1CC[C@@H]2OCCO[C@@H]2C1)c1ccccc1Cl. The van der Waals surface area contributed by atoms with E-state index in [0.717, 1.165) is 19.3 Å². The molecule has 3 rings (SSSR count). The Labute approximate surface area is 123 Å². The number of benzene rings is 1.